The van der Waals surface area contributed by atoms with Crippen molar-refractivity contribution < 1.29 is 9.53 Å². The number of carbonyl (C=O) groups excluding carboxylic acids is 1. The molecule has 1 aromatic carbocycles. The second-order valence-electron chi connectivity index (χ2n) is 4.69. The fraction of sp³-hybridized carbons (Fsp3) is 0.562. The number of hydrogen-bond acceptors (Lipinski definition) is 4. The smallest absolute Gasteiger partial charge is 0.328 e. The molecule has 1 aromatic rings. The van der Waals surface area contributed by atoms with Gasteiger partial charge in [-0.15, -0.1) is 0 Å². The molecule has 0 amide bonds. The summed E-state index contributed by atoms with van der Waals surface area (Å²) in [7, 11) is 0. The molecule has 0 fully saturated rings. The van der Waals surface area contributed by atoms with Gasteiger partial charge in [0.05, 0.1) is 0 Å². The maximum absolute atomic E-state index is 11.9. The number of esters is 1. The highest BCUT2D eigenvalue weighted by atomic mass is 32.2. The number of anilines is 1. The first-order valence-corrected chi connectivity index (χ1v) is 8.35. The number of ether oxygens (including phenoxy) is 1. The molecule has 20 heavy (non-hydrogen) atoms. The van der Waals surface area contributed by atoms with Crippen LogP contribution in [0.25, 0.3) is 0 Å². The third kappa shape index (κ3) is 5.08. The van der Waals surface area contributed by atoms with Crippen LogP contribution >= 0.6 is 11.8 Å². The van der Waals surface area contributed by atoms with Crippen molar-refractivity contribution in [3.8, 4) is 0 Å². The lowest BCUT2D eigenvalue weighted by molar-refractivity contribution is -0.143. The molecule has 1 rings (SSSR count). The van der Waals surface area contributed by atoms with E-state index in [-0.39, 0.29) is 12.0 Å². The molecule has 1 atom stereocenters. The molecular weight excluding hydrogens is 270 g/mol. The highest BCUT2D eigenvalue weighted by Gasteiger charge is 2.16. The minimum absolute atomic E-state index is 0.188. The zero-order valence-electron chi connectivity index (χ0n) is 12.9. The van der Waals surface area contributed by atoms with Crippen LogP contribution in [-0.4, -0.2) is 30.1 Å². The van der Waals surface area contributed by atoms with Gasteiger partial charge in [-0.3, -0.25) is 0 Å². The predicted octanol–water partition coefficient (Wildman–Crippen LogP) is 3.65. The van der Waals surface area contributed by atoms with Crippen LogP contribution in [0.5, 0.6) is 0 Å². The van der Waals surface area contributed by atoms with E-state index in [9.17, 15) is 4.79 Å². The molecule has 0 spiro atoms. The molecule has 0 aromatic heterocycles. The van der Waals surface area contributed by atoms with Crippen molar-refractivity contribution in [1.82, 2.24) is 0 Å². The van der Waals surface area contributed by atoms with Gasteiger partial charge in [-0.2, -0.15) is 11.8 Å². The number of carbonyl (C=O) groups is 1. The lowest BCUT2D eigenvalue weighted by Crippen LogP contribution is -2.29. The van der Waals surface area contributed by atoms with Crippen LogP contribution in [0.3, 0.4) is 0 Å². The van der Waals surface area contributed by atoms with Crippen LogP contribution in [0.1, 0.15) is 31.9 Å². The van der Waals surface area contributed by atoms with Crippen LogP contribution < -0.4 is 5.32 Å². The SMILES string of the molecule is CCSCCOC(=O)[C@H](C)Nc1c(C)cccc1CC. The van der Waals surface area contributed by atoms with Crippen molar-refractivity contribution in [3.05, 3.63) is 29.3 Å². The van der Waals surface area contributed by atoms with Gasteiger partial charge in [-0.25, -0.2) is 4.79 Å². The molecule has 0 bridgehead atoms. The van der Waals surface area contributed by atoms with Gasteiger partial charge in [-0.05, 0) is 37.1 Å². The summed E-state index contributed by atoms with van der Waals surface area (Å²) in [6, 6.07) is 5.86. The Labute approximate surface area is 126 Å². The molecule has 3 nitrogen and oxygen atoms in total. The Hall–Kier alpha value is -1.16. The van der Waals surface area contributed by atoms with Gasteiger partial charge >= 0.3 is 5.97 Å². The second kappa shape index (κ2) is 8.90. The van der Waals surface area contributed by atoms with Crippen LogP contribution in [0.15, 0.2) is 18.2 Å². The number of para-hydroxylation sites is 1. The summed E-state index contributed by atoms with van der Waals surface area (Å²) in [4.78, 5) is 11.9. The summed E-state index contributed by atoms with van der Waals surface area (Å²) in [6.45, 7) is 8.60. The lowest BCUT2D eigenvalue weighted by Gasteiger charge is -2.18. The van der Waals surface area contributed by atoms with Gasteiger partial charge in [0.2, 0.25) is 0 Å². The molecule has 0 radical (unpaired) electrons. The van der Waals surface area contributed by atoms with Gasteiger partial charge in [0.15, 0.2) is 0 Å². The molecule has 112 valence electrons. The number of hydrogen-bond donors (Lipinski definition) is 1. The standard InChI is InChI=1S/C16H25NO2S/c1-5-14-9-7-8-12(3)15(14)17-13(4)16(18)19-10-11-20-6-2/h7-9,13,17H,5-6,10-11H2,1-4H3/t13-/m0/s1. The van der Waals surface area contributed by atoms with Crippen LogP contribution in [-0.2, 0) is 16.0 Å². The van der Waals surface area contributed by atoms with Crippen molar-refractivity contribution in [1.29, 1.82) is 0 Å². The summed E-state index contributed by atoms with van der Waals surface area (Å²) >= 11 is 1.78. The van der Waals surface area contributed by atoms with E-state index in [0.717, 1.165) is 29.2 Å². The minimum atomic E-state index is -0.326. The summed E-state index contributed by atoms with van der Waals surface area (Å²) in [5.41, 5.74) is 3.44. The van der Waals surface area contributed by atoms with Crippen LogP contribution in [0.2, 0.25) is 0 Å². The van der Waals surface area contributed by atoms with Gasteiger partial charge in [0.1, 0.15) is 12.6 Å². The maximum Gasteiger partial charge on any atom is 0.328 e. The average molecular weight is 295 g/mol. The van der Waals surface area contributed by atoms with Gasteiger partial charge in [-0.1, -0.05) is 32.0 Å². The van der Waals surface area contributed by atoms with Gasteiger partial charge in [0.25, 0.3) is 0 Å². The van der Waals surface area contributed by atoms with E-state index in [1.54, 1.807) is 11.8 Å². The van der Waals surface area contributed by atoms with Crippen molar-refractivity contribution in [3.63, 3.8) is 0 Å². The van der Waals surface area contributed by atoms with E-state index in [1.807, 2.05) is 13.0 Å². The largest absolute Gasteiger partial charge is 0.463 e. The average Bonchev–Trinajstić information content (AvgIpc) is 2.45. The molecule has 0 saturated carbocycles. The molecule has 4 heteroatoms. The zero-order valence-corrected chi connectivity index (χ0v) is 13.7. The maximum atomic E-state index is 11.9. The zero-order chi connectivity index (χ0) is 15.0. The molecule has 0 saturated heterocycles. The van der Waals surface area contributed by atoms with E-state index in [0.29, 0.717) is 6.61 Å². The van der Waals surface area contributed by atoms with Crippen molar-refractivity contribution in [2.45, 2.75) is 40.2 Å². The van der Waals surface area contributed by atoms with E-state index in [4.69, 9.17) is 4.74 Å². The Kier molecular flexibility index (Phi) is 7.52. The summed E-state index contributed by atoms with van der Waals surface area (Å²) < 4.78 is 5.27. The quantitative estimate of drug-likeness (QED) is 0.587. The van der Waals surface area contributed by atoms with E-state index in [1.165, 1.54) is 5.56 Å². The Morgan fingerprint density at radius 2 is 2.15 bits per heavy atom. The third-order valence-corrected chi connectivity index (χ3v) is 3.99. The fourth-order valence-corrected chi connectivity index (χ4v) is 2.47. The number of benzene rings is 1. The summed E-state index contributed by atoms with van der Waals surface area (Å²) in [6.07, 6.45) is 0.943. The minimum Gasteiger partial charge on any atom is -0.463 e. The summed E-state index contributed by atoms with van der Waals surface area (Å²) in [5, 5.41) is 3.29. The lowest BCUT2D eigenvalue weighted by atomic mass is 10.1. The van der Waals surface area contributed by atoms with Gasteiger partial charge in [0, 0.05) is 11.4 Å². The van der Waals surface area contributed by atoms with Crippen molar-refractivity contribution >= 4 is 23.4 Å². The highest BCUT2D eigenvalue weighted by molar-refractivity contribution is 7.99. The Morgan fingerprint density at radius 3 is 2.80 bits per heavy atom. The Bertz CT molecular complexity index is 434. The Balaban J connectivity index is 2.57. The molecule has 0 aliphatic carbocycles. The Morgan fingerprint density at radius 1 is 1.40 bits per heavy atom. The topological polar surface area (TPSA) is 38.3 Å². The first-order chi connectivity index (χ1) is 9.60. The monoisotopic (exact) mass is 295 g/mol. The van der Waals surface area contributed by atoms with Crippen LogP contribution in [0.4, 0.5) is 5.69 Å². The molecular formula is C16H25NO2S. The third-order valence-electron chi connectivity index (χ3n) is 3.13. The molecule has 0 unspecified atom stereocenters. The normalized spacial score (nSPS) is 12.0. The first kappa shape index (κ1) is 16.9. The van der Waals surface area contributed by atoms with Gasteiger partial charge < -0.3 is 10.1 Å². The number of rotatable bonds is 8. The number of thioether (sulfide) groups is 1. The number of nitrogens with one attached hydrogen (secondary N) is 1. The number of aryl methyl sites for hydroxylation is 2. The first-order valence-electron chi connectivity index (χ1n) is 7.19. The van der Waals surface area contributed by atoms with Crippen molar-refractivity contribution in [2.24, 2.45) is 0 Å². The van der Waals surface area contributed by atoms with E-state index < -0.39 is 0 Å². The van der Waals surface area contributed by atoms with Crippen LogP contribution in [0, 0.1) is 6.92 Å². The van der Waals surface area contributed by atoms with E-state index >= 15 is 0 Å². The summed E-state index contributed by atoms with van der Waals surface area (Å²) in [5.74, 6) is 1.72. The fourth-order valence-electron chi connectivity index (χ4n) is 1.98. The predicted molar refractivity (Wildman–Crippen MR) is 87.6 cm³/mol. The second-order valence-corrected chi connectivity index (χ2v) is 6.09. The molecule has 0 aliphatic rings. The molecule has 1 N–H and O–H groups in total. The molecule has 0 heterocycles. The highest BCUT2D eigenvalue weighted by Crippen LogP contribution is 2.22. The van der Waals surface area contributed by atoms with Crippen molar-refractivity contribution in [2.75, 3.05) is 23.4 Å². The molecule has 0 aliphatic heterocycles. The van der Waals surface area contributed by atoms with E-state index in [2.05, 4.69) is 38.2 Å².